The number of halogens is 1. The Hall–Kier alpha value is -6.27. The highest BCUT2D eigenvalue weighted by atomic mass is 35.5. The van der Waals surface area contributed by atoms with Gasteiger partial charge in [-0.05, 0) is 49.4 Å². The Morgan fingerprint density at radius 3 is 2.53 bits per heavy atom. The number of fused-ring (bicyclic) bond motifs is 1. The van der Waals surface area contributed by atoms with Gasteiger partial charge in [-0.3, -0.25) is 48.5 Å². The molecule has 312 valence electrons. The van der Waals surface area contributed by atoms with Gasteiger partial charge in [-0.1, -0.05) is 17.7 Å². The topological polar surface area (TPSA) is 201 Å². The van der Waals surface area contributed by atoms with Gasteiger partial charge in [0.1, 0.15) is 23.4 Å². The summed E-state index contributed by atoms with van der Waals surface area (Å²) in [4.78, 5) is 93.4. The number of amides is 5. The van der Waals surface area contributed by atoms with Crippen molar-refractivity contribution in [2.45, 2.75) is 38.3 Å². The molecule has 1 unspecified atom stereocenters. The number of pyridine rings is 1. The first-order valence-electron chi connectivity index (χ1n) is 20.1. The molecule has 7 heterocycles. The smallest absolute Gasteiger partial charge is 0.293 e. The Morgan fingerprint density at radius 2 is 1.77 bits per heavy atom. The predicted molar refractivity (Wildman–Crippen MR) is 220 cm³/mol. The molecule has 19 heteroatoms. The zero-order valence-corrected chi connectivity index (χ0v) is 33.6. The number of anilines is 4. The number of nitrogens with zero attached hydrogens (tertiary/aromatic N) is 7. The van der Waals surface area contributed by atoms with Crippen LogP contribution in [0.15, 0.2) is 47.4 Å². The summed E-state index contributed by atoms with van der Waals surface area (Å²) in [6.45, 7) is 5.84. The summed E-state index contributed by atoms with van der Waals surface area (Å²) < 4.78 is 13.1. The van der Waals surface area contributed by atoms with E-state index in [1.165, 1.54) is 7.05 Å². The van der Waals surface area contributed by atoms with Gasteiger partial charge < -0.3 is 29.9 Å². The van der Waals surface area contributed by atoms with E-state index in [2.05, 4.69) is 35.6 Å². The number of piperidine rings is 2. The molecule has 2 aromatic heterocycles. The molecule has 3 N–H and O–H groups in total. The molecule has 0 bridgehead atoms. The molecular weight excluding hydrogens is 796 g/mol. The van der Waals surface area contributed by atoms with Crippen LogP contribution >= 0.6 is 11.6 Å². The lowest BCUT2D eigenvalue weighted by Gasteiger charge is -2.39. The minimum absolute atomic E-state index is 0.0659. The summed E-state index contributed by atoms with van der Waals surface area (Å²) in [5.41, 5.74) is 2.26. The number of carbonyl (C=O) groups excluding carboxylic acids is 5. The van der Waals surface area contributed by atoms with Crippen molar-refractivity contribution in [1.82, 2.24) is 35.0 Å². The fourth-order valence-electron chi connectivity index (χ4n) is 8.77. The molecule has 3 fully saturated rings. The largest absolute Gasteiger partial charge is 0.489 e. The molecule has 4 aromatic rings. The van der Waals surface area contributed by atoms with Crippen LogP contribution in [0.2, 0.25) is 5.02 Å². The van der Waals surface area contributed by atoms with Crippen molar-refractivity contribution < 1.29 is 33.4 Å². The first-order chi connectivity index (χ1) is 29.1. The summed E-state index contributed by atoms with van der Waals surface area (Å²) >= 11 is 6.60. The molecule has 2 aromatic carbocycles. The third-order valence-corrected chi connectivity index (χ3v) is 12.2. The summed E-state index contributed by atoms with van der Waals surface area (Å²) in [5.74, 6) is -0.348. The number of piperazine rings is 1. The molecule has 0 saturated carbocycles. The molecule has 5 aliphatic heterocycles. The van der Waals surface area contributed by atoms with Crippen molar-refractivity contribution >= 4 is 75.2 Å². The van der Waals surface area contributed by atoms with E-state index in [1.54, 1.807) is 35.0 Å². The zero-order valence-electron chi connectivity index (χ0n) is 32.9. The third kappa shape index (κ3) is 7.33. The van der Waals surface area contributed by atoms with E-state index in [9.17, 15) is 28.8 Å². The number of carbonyl (C=O) groups is 5. The lowest BCUT2D eigenvalue weighted by atomic mass is 9.94. The van der Waals surface area contributed by atoms with Crippen molar-refractivity contribution in [3.8, 4) is 11.5 Å². The molecule has 18 nitrogen and oxygen atoms in total. The number of imide groups is 2. The van der Waals surface area contributed by atoms with Crippen LogP contribution in [-0.4, -0.2) is 126 Å². The molecule has 0 aliphatic carbocycles. The Balaban J connectivity index is 0.812. The minimum Gasteiger partial charge on any atom is -0.489 e. The van der Waals surface area contributed by atoms with Crippen molar-refractivity contribution in [2.75, 3.05) is 81.2 Å². The maximum absolute atomic E-state index is 13.7. The van der Waals surface area contributed by atoms with Gasteiger partial charge in [0.05, 0.1) is 35.1 Å². The highest BCUT2D eigenvalue weighted by Gasteiger charge is 2.46. The first-order valence-corrected chi connectivity index (χ1v) is 20.5. The predicted octanol–water partition coefficient (Wildman–Crippen LogP) is 2.15. The van der Waals surface area contributed by atoms with E-state index in [-0.39, 0.29) is 36.7 Å². The maximum atomic E-state index is 13.7. The highest BCUT2D eigenvalue weighted by molar-refractivity contribution is 6.33. The van der Waals surface area contributed by atoms with E-state index >= 15 is 0 Å². The molecule has 5 aliphatic rings. The number of nitrogens with one attached hydrogen (secondary N) is 3. The van der Waals surface area contributed by atoms with Crippen LogP contribution in [-0.2, 0) is 20.9 Å². The van der Waals surface area contributed by atoms with Crippen LogP contribution in [0.5, 0.6) is 11.5 Å². The van der Waals surface area contributed by atoms with Crippen LogP contribution in [0.1, 0.15) is 46.4 Å². The van der Waals surface area contributed by atoms with Crippen LogP contribution in [0.25, 0.3) is 10.9 Å². The van der Waals surface area contributed by atoms with Gasteiger partial charge in [-0.15, -0.1) is 0 Å². The van der Waals surface area contributed by atoms with Crippen LogP contribution in [0.4, 0.5) is 23.1 Å². The summed E-state index contributed by atoms with van der Waals surface area (Å²) in [6, 6.07) is 9.53. The van der Waals surface area contributed by atoms with E-state index in [0.29, 0.717) is 75.0 Å². The molecule has 60 heavy (non-hydrogen) atoms. The first kappa shape index (κ1) is 39.2. The number of hydrogen-bond donors (Lipinski definition) is 3. The van der Waals surface area contributed by atoms with Gasteiger partial charge in [0.2, 0.25) is 17.8 Å². The molecule has 9 rings (SSSR count). The average molecular weight is 839 g/mol. The van der Waals surface area contributed by atoms with Crippen molar-refractivity contribution in [3.05, 3.63) is 69.1 Å². The lowest BCUT2D eigenvalue weighted by Crippen LogP contribution is -2.54. The van der Waals surface area contributed by atoms with Gasteiger partial charge in [-0.25, -0.2) is 4.98 Å². The summed E-state index contributed by atoms with van der Waals surface area (Å²) in [6.07, 6.45) is 3.61. The van der Waals surface area contributed by atoms with E-state index < -0.39 is 29.7 Å². The lowest BCUT2D eigenvalue weighted by molar-refractivity contribution is -0.136. The normalized spacial score (nSPS) is 19.6. The van der Waals surface area contributed by atoms with Crippen LogP contribution in [0, 0.1) is 5.92 Å². The molecule has 3 saturated heterocycles. The van der Waals surface area contributed by atoms with E-state index in [4.69, 9.17) is 26.1 Å². The van der Waals surface area contributed by atoms with Gasteiger partial charge in [-0.2, -0.15) is 4.98 Å². The number of hydrogen-bond acceptors (Lipinski definition) is 14. The standard InChI is InChI=1S/C41H43ClN10O8/c1-43-33(54)22-60-31-18-24-17-25(19-30-35(24)51(39(31)57)15-16-59-30)45-36-27(42)20-44-41(47-36)50-13-11-48(12-14-50)21-23-7-9-49(10-8-23)28-4-2-3-26-34(28)40(58)52(38(26)56)29-5-6-32(53)46-37(29)55/h2-4,17-20,23,29H,5-16,21-22H2,1H3,(H,43,54)(H,44,45,47)(H,46,53,55). The van der Waals surface area contributed by atoms with Crippen LogP contribution < -0.4 is 40.8 Å². The number of aromatic nitrogens is 3. The monoisotopic (exact) mass is 838 g/mol. The summed E-state index contributed by atoms with van der Waals surface area (Å²) in [5, 5.41) is 9.07. The van der Waals surface area contributed by atoms with E-state index in [0.717, 1.165) is 63.6 Å². The fraction of sp³-hybridized carbons (Fsp3) is 0.415. The SMILES string of the molecule is CNC(=O)COc1cc2cc(Nc3nc(N4CCN(CC5CCN(c6cccc7c6C(=O)N(C6CCC(=O)NC6=O)C7=O)CC5)CC4)ncc3Cl)cc3c2n(c1=O)CCO3. The molecule has 0 radical (unpaired) electrons. The second-order valence-corrected chi connectivity index (χ2v) is 16.0. The average Bonchev–Trinajstić information content (AvgIpc) is 3.51. The van der Waals surface area contributed by atoms with Crippen molar-refractivity contribution in [2.24, 2.45) is 5.92 Å². The number of likely N-dealkylation sites (N-methyl/N-ethyl adjacent to an activating group) is 1. The minimum atomic E-state index is -1.000. The van der Waals surface area contributed by atoms with Crippen molar-refractivity contribution in [3.63, 3.8) is 0 Å². The summed E-state index contributed by atoms with van der Waals surface area (Å²) in [7, 11) is 1.50. The molecule has 1 atom stereocenters. The second kappa shape index (κ2) is 16.1. The highest BCUT2D eigenvalue weighted by Crippen LogP contribution is 2.37. The molecule has 5 amide bonds. The Morgan fingerprint density at radius 1 is 0.967 bits per heavy atom. The Bertz CT molecular complexity index is 2500. The van der Waals surface area contributed by atoms with Gasteiger partial charge in [0, 0.05) is 76.4 Å². The quantitative estimate of drug-likeness (QED) is 0.196. The van der Waals surface area contributed by atoms with E-state index in [1.807, 2.05) is 12.1 Å². The molecular formula is C41H43ClN10O8. The van der Waals surface area contributed by atoms with Gasteiger partial charge >= 0.3 is 0 Å². The third-order valence-electron chi connectivity index (χ3n) is 11.9. The van der Waals surface area contributed by atoms with Crippen molar-refractivity contribution in [1.29, 1.82) is 0 Å². The number of benzene rings is 2. The zero-order chi connectivity index (χ0) is 41.7. The number of rotatable bonds is 10. The van der Waals surface area contributed by atoms with Crippen LogP contribution in [0.3, 0.4) is 0 Å². The fourth-order valence-corrected chi connectivity index (χ4v) is 8.91. The Labute approximate surface area is 348 Å². The Kier molecular flexibility index (Phi) is 10.5. The molecule has 0 spiro atoms. The van der Waals surface area contributed by atoms with Gasteiger partial charge in [0.25, 0.3) is 23.3 Å². The second-order valence-electron chi connectivity index (χ2n) is 15.5. The number of ether oxygens (including phenoxy) is 2. The van der Waals surface area contributed by atoms with Gasteiger partial charge in [0.15, 0.2) is 18.2 Å². The maximum Gasteiger partial charge on any atom is 0.293 e.